The summed E-state index contributed by atoms with van der Waals surface area (Å²) < 4.78 is 19.5. The Hall–Kier alpha value is -1.70. The predicted octanol–water partition coefficient (Wildman–Crippen LogP) is 2.45. The van der Waals surface area contributed by atoms with Crippen LogP contribution in [0, 0.1) is 5.82 Å². The zero-order valence-corrected chi connectivity index (χ0v) is 17.5. The smallest absolute Gasteiger partial charge is 0.191 e. The molecular formula is C22H35FN4O2. The maximum atomic E-state index is 13.9. The first-order valence-electron chi connectivity index (χ1n) is 10.9. The number of benzene rings is 1. The second kappa shape index (κ2) is 10.9. The molecule has 1 heterocycles. The zero-order chi connectivity index (χ0) is 20.5. The molecule has 1 aromatic rings. The van der Waals surface area contributed by atoms with Crippen LogP contribution in [-0.2, 0) is 4.74 Å². The van der Waals surface area contributed by atoms with E-state index in [0.29, 0.717) is 11.5 Å². The maximum absolute atomic E-state index is 13.9. The Morgan fingerprint density at radius 1 is 1.21 bits per heavy atom. The van der Waals surface area contributed by atoms with Gasteiger partial charge in [0.05, 0.1) is 25.9 Å². The van der Waals surface area contributed by atoms with Crippen molar-refractivity contribution in [3.8, 4) is 0 Å². The van der Waals surface area contributed by atoms with Crippen LogP contribution in [-0.4, -0.2) is 67.4 Å². The highest BCUT2D eigenvalue weighted by molar-refractivity contribution is 5.79. The highest BCUT2D eigenvalue weighted by Crippen LogP contribution is 2.34. The van der Waals surface area contributed by atoms with Crippen molar-refractivity contribution in [3.05, 3.63) is 35.6 Å². The van der Waals surface area contributed by atoms with Gasteiger partial charge in [0.1, 0.15) is 5.82 Å². The summed E-state index contributed by atoms with van der Waals surface area (Å²) in [5.74, 6) is 0.276. The van der Waals surface area contributed by atoms with E-state index in [0.717, 1.165) is 52.2 Å². The average Bonchev–Trinajstić information content (AvgIpc) is 2.77. The third kappa shape index (κ3) is 5.90. The highest BCUT2D eigenvalue weighted by atomic mass is 19.1. The normalized spacial score (nSPS) is 21.6. The number of morpholine rings is 1. The molecule has 3 rings (SSSR count). The SMILES string of the molecule is CCNC(=NCC1(N2CCOCC2)CCCCC1)NCC(O)c1ccccc1F. The van der Waals surface area contributed by atoms with Gasteiger partial charge in [-0.1, -0.05) is 37.5 Å². The molecule has 0 aromatic heterocycles. The summed E-state index contributed by atoms with van der Waals surface area (Å²) in [6.45, 7) is 7.18. The lowest BCUT2D eigenvalue weighted by molar-refractivity contribution is -0.0333. The van der Waals surface area contributed by atoms with Crippen molar-refractivity contribution in [2.45, 2.75) is 50.7 Å². The minimum Gasteiger partial charge on any atom is -0.386 e. The lowest BCUT2D eigenvalue weighted by Gasteiger charge is -2.47. The first-order valence-corrected chi connectivity index (χ1v) is 10.9. The monoisotopic (exact) mass is 406 g/mol. The number of aliphatic hydroxyl groups is 1. The number of nitrogens with one attached hydrogen (secondary N) is 2. The van der Waals surface area contributed by atoms with Gasteiger partial charge in [-0.05, 0) is 25.8 Å². The van der Waals surface area contributed by atoms with Gasteiger partial charge in [-0.2, -0.15) is 0 Å². The molecular weight excluding hydrogens is 371 g/mol. The fourth-order valence-corrected chi connectivity index (χ4v) is 4.44. The van der Waals surface area contributed by atoms with Gasteiger partial charge >= 0.3 is 0 Å². The van der Waals surface area contributed by atoms with Gasteiger partial charge in [-0.15, -0.1) is 0 Å². The number of halogens is 1. The third-order valence-electron chi connectivity index (χ3n) is 6.07. The van der Waals surface area contributed by atoms with Crippen molar-refractivity contribution in [2.24, 2.45) is 4.99 Å². The number of ether oxygens (including phenoxy) is 1. The predicted molar refractivity (Wildman–Crippen MR) is 114 cm³/mol. The van der Waals surface area contributed by atoms with Gasteiger partial charge < -0.3 is 20.5 Å². The fourth-order valence-electron chi connectivity index (χ4n) is 4.44. The molecule has 3 N–H and O–H groups in total. The first kappa shape index (κ1) is 22.0. The van der Waals surface area contributed by atoms with E-state index in [1.165, 1.54) is 25.3 Å². The average molecular weight is 407 g/mol. The number of aliphatic hydroxyl groups excluding tert-OH is 1. The first-order chi connectivity index (χ1) is 14.1. The topological polar surface area (TPSA) is 69.1 Å². The van der Waals surface area contributed by atoms with Gasteiger partial charge in [0.2, 0.25) is 0 Å². The number of hydrogen-bond acceptors (Lipinski definition) is 4. The number of rotatable bonds is 7. The summed E-state index contributed by atoms with van der Waals surface area (Å²) in [6.07, 6.45) is 5.17. The van der Waals surface area contributed by atoms with Crippen LogP contribution in [0.5, 0.6) is 0 Å². The number of hydrogen-bond donors (Lipinski definition) is 3. The molecule has 1 aliphatic heterocycles. The summed E-state index contributed by atoms with van der Waals surface area (Å²) in [5, 5.41) is 16.8. The molecule has 6 nitrogen and oxygen atoms in total. The van der Waals surface area contributed by atoms with Gasteiger partial charge in [0.15, 0.2) is 5.96 Å². The summed E-state index contributed by atoms with van der Waals surface area (Å²) in [4.78, 5) is 7.45. The van der Waals surface area contributed by atoms with E-state index in [9.17, 15) is 9.50 Å². The Morgan fingerprint density at radius 3 is 2.62 bits per heavy atom. The molecule has 2 fully saturated rings. The summed E-state index contributed by atoms with van der Waals surface area (Å²) in [7, 11) is 0. The van der Waals surface area contributed by atoms with Crippen LogP contribution in [0.15, 0.2) is 29.3 Å². The minimum atomic E-state index is -0.928. The molecule has 1 saturated heterocycles. The summed E-state index contributed by atoms with van der Waals surface area (Å²) >= 11 is 0. The molecule has 0 radical (unpaired) electrons. The van der Waals surface area contributed by atoms with Crippen molar-refractivity contribution in [3.63, 3.8) is 0 Å². The lowest BCUT2D eigenvalue weighted by Crippen LogP contribution is -2.56. The zero-order valence-electron chi connectivity index (χ0n) is 17.5. The van der Waals surface area contributed by atoms with E-state index in [1.54, 1.807) is 18.2 Å². The van der Waals surface area contributed by atoms with Crippen LogP contribution in [0.2, 0.25) is 0 Å². The molecule has 7 heteroatoms. The Kier molecular flexibility index (Phi) is 8.27. The van der Waals surface area contributed by atoms with Crippen molar-refractivity contribution >= 4 is 5.96 Å². The largest absolute Gasteiger partial charge is 0.386 e. The van der Waals surface area contributed by atoms with Gasteiger partial charge in [0.25, 0.3) is 0 Å². The van der Waals surface area contributed by atoms with Crippen molar-refractivity contribution in [1.29, 1.82) is 0 Å². The summed E-state index contributed by atoms with van der Waals surface area (Å²) in [5.41, 5.74) is 0.391. The van der Waals surface area contributed by atoms with Crippen molar-refractivity contribution in [1.82, 2.24) is 15.5 Å². The maximum Gasteiger partial charge on any atom is 0.191 e. The Bertz CT molecular complexity index is 658. The van der Waals surface area contributed by atoms with E-state index < -0.39 is 11.9 Å². The molecule has 0 amide bonds. The number of aliphatic imine (C=N–C) groups is 1. The Morgan fingerprint density at radius 2 is 1.93 bits per heavy atom. The van der Waals surface area contributed by atoms with E-state index >= 15 is 0 Å². The van der Waals surface area contributed by atoms with Crippen molar-refractivity contribution < 1.29 is 14.2 Å². The van der Waals surface area contributed by atoms with Crippen LogP contribution >= 0.6 is 0 Å². The molecule has 2 aliphatic rings. The molecule has 0 spiro atoms. The van der Waals surface area contributed by atoms with E-state index in [1.807, 2.05) is 6.92 Å². The Labute approximate surface area is 173 Å². The van der Waals surface area contributed by atoms with Crippen LogP contribution in [0.1, 0.15) is 50.7 Å². The highest BCUT2D eigenvalue weighted by Gasteiger charge is 2.38. The van der Waals surface area contributed by atoms with Gasteiger partial charge in [0, 0.05) is 37.3 Å². The second-order valence-electron chi connectivity index (χ2n) is 8.00. The van der Waals surface area contributed by atoms with Crippen LogP contribution in [0.3, 0.4) is 0 Å². The quantitative estimate of drug-likeness (QED) is 0.479. The number of guanidine groups is 1. The number of nitrogens with zero attached hydrogens (tertiary/aromatic N) is 2. The molecule has 0 bridgehead atoms. The van der Waals surface area contributed by atoms with Crippen LogP contribution in [0.25, 0.3) is 0 Å². The van der Waals surface area contributed by atoms with E-state index in [-0.39, 0.29) is 12.1 Å². The van der Waals surface area contributed by atoms with Crippen LogP contribution in [0.4, 0.5) is 4.39 Å². The fraction of sp³-hybridized carbons (Fsp3) is 0.682. The lowest BCUT2D eigenvalue weighted by atomic mass is 9.80. The molecule has 1 aromatic carbocycles. The van der Waals surface area contributed by atoms with E-state index in [2.05, 4.69) is 15.5 Å². The second-order valence-corrected chi connectivity index (χ2v) is 8.00. The molecule has 29 heavy (non-hydrogen) atoms. The van der Waals surface area contributed by atoms with E-state index in [4.69, 9.17) is 9.73 Å². The molecule has 1 aliphatic carbocycles. The van der Waals surface area contributed by atoms with Crippen LogP contribution < -0.4 is 10.6 Å². The minimum absolute atomic E-state index is 0.0918. The standard InChI is InChI=1S/C22H35FN4O2/c1-2-24-21(25-16-20(28)18-8-4-5-9-19(18)23)26-17-22(10-6-3-7-11-22)27-12-14-29-15-13-27/h4-5,8-9,20,28H,2-3,6-7,10-17H2,1H3,(H2,24,25,26). The Balaban J connectivity index is 1.65. The molecule has 1 saturated carbocycles. The summed E-state index contributed by atoms with van der Waals surface area (Å²) in [6, 6.07) is 6.34. The molecule has 162 valence electrons. The molecule has 1 unspecified atom stereocenters. The molecule has 1 atom stereocenters. The van der Waals surface area contributed by atoms with Gasteiger partial charge in [-0.25, -0.2) is 4.39 Å². The van der Waals surface area contributed by atoms with Crippen molar-refractivity contribution in [2.75, 3.05) is 45.9 Å². The van der Waals surface area contributed by atoms with Gasteiger partial charge in [-0.3, -0.25) is 9.89 Å². The third-order valence-corrected chi connectivity index (χ3v) is 6.07.